The van der Waals surface area contributed by atoms with Crippen LogP contribution in [0.1, 0.15) is 0 Å². The predicted molar refractivity (Wildman–Crippen MR) is 118 cm³/mol. The number of pyridine rings is 1. The molecule has 3 heteroatoms. The van der Waals surface area contributed by atoms with E-state index in [1.807, 2.05) is 18.3 Å². The van der Waals surface area contributed by atoms with Crippen LogP contribution in [0.2, 0.25) is 13.1 Å². The molecule has 2 nitrogen and oxygen atoms in total. The van der Waals surface area contributed by atoms with E-state index in [2.05, 4.69) is 85.9 Å². The Morgan fingerprint density at radius 2 is 1.46 bits per heavy atom. The maximum Gasteiger partial charge on any atom is 0.127 e. The normalized spacial score (nSPS) is 13.9. The highest BCUT2D eigenvalue weighted by Gasteiger charge is 2.38. The summed E-state index contributed by atoms with van der Waals surface area (Å²) >= 11 is 0. The summed E-state index contributed by atoms with van der Waals surface area (Å²) in [6, 6.07) is 29.5. The van der Waals surface area contributed by atoms with Gasteiger partial charge in [-0.3, -0.25) is 4.98 Å². The number of hydrogen-bond acceptors (Lipinski definition) is 2. The van der Waals surface area contributed by atoms with E-state index in [1.165, 1.54) is 27.1 Å². The van der Waals surface area contributed by atoms with E-state index in [9.17, 15) is 0 Å². The minimum atomic E-state index is -1.92. The number of ether oxygens (including phenoxy) is 1. The number of benzene rings is 3. The number of hydrogen-bond donors (Lipinski definition) is 0. The maximum absolute atomic E-state index is 6.30. The van der Waals surface area contributed by atoms with Crippen LogP contribution >= 0.6 is 0 Å². The molecule has 0 aliphatic carbocycles. The van der Waals surface area contributed by atoms with Crippen molar-refractivity contribution in [3.63, 3.8) is 0 Å². The van der Waals surface area contributed by atoms with Gasteiger partial charge in [-0.25, -0.2) is 0 Å². The molecule has 1 aliphatic heterocycles. The van der Waals surface area contributed by atoms with E-state index >= 15 is 0 Å². The molecule has 1 aliphatic rings. The molecule has 0 bridgehead atoms. The lowest BCUT2D eigenvalue weighted by Gasteiger charge is -2.34. The van der Waals surface area contributed by atoms with Gasteiger partial charge in [0.25, 0.3) is 0 Å². The van der Waals surface area contributed by atoms with Gasteiger partial charge in [0, 0.05) is 11.8 Å². The maximum atomic E-state index is 6.30. The standard InChI is InChI=1S/C25H21NOSi/c1-28(2)24-14-7-6-12-22(24)27-23-13-8-11-20(25(23)28)21-17-19(15-16-26-21)18-9-4-3-5-10-18/h3-17H,1-2H3. The molecule has 0 spiro atoms. The second kappa shape index (κ2) is 6.46. The van der Waals surface area contributed by atoms with Gasteiger partial charge in [0.1, 0.15) is 19.6 Å². The largest absolute Gasteiger partial charge is 0.458 e. The van der Waals surface area contributed by atoms with Crippen molar-refractivity contribution in [3.8, 4) is 33.9 Å². The second-order valence-corrected chi connectivity index (χ2v) is 12.0. The van der Waals surface area contributed by atoms with Crippen LogP contribution in [0.15, 0.2) is 91.1 Å². The van der Waals surface area contributed by atoms with Gasteiger partial charge in [0.15, 0.2) is 0 Å². The van der Waals surface area contributed by atoms with Gasteiger partial charge in [-0.05, 0) is 45.8 Å². The van der Waals surface area contributed by atoms with Gasteiger partial charge in [0.2, 0.25) is 0 Å². The van der Waals surface area contributed by atoms with Crippen molar-refractivity contribution in [2.45, 2.75) is 13.1 Å². The van der Waals surface area contributed by atoms with E-state index in [0.29, 0.717) is 0 Å². The number of fused-ring (bicyclic) bond motifs is 2. The van der Waals surface area contributed by atoms with Crippen molar-refractivity contribution >= 4 is 18.4 Å². The van der Waals surface area contributed by atoms with Crippen LogP contribution in [-0.4, -0.2) is 13.1 Å². The quantitative estimate of drug-likeness (QED) is 0.438. The van der Waals surface area contributed by atoms with E-state index in [0.717, 1.165) is 17.2 Å². The van der Waals surface area contributed by atoms with Crippen LogP contribution in [-0.2, 0) is 0 Å². The highest BCUT2D eigenvalue weighted by Crippen LogP contribution is 2.33. The first-order valence-corrected chi connectivity index (χ1v) is 12.6. The molecular formula is C25H21NOSi. The fourth-order valence-electron chi connectivity index (χ4n) is 4.19. The Morgan fingerprint density at radius 3 is 2.32 bits per heavy atom. The molecule has 3 aromatic carbocycles. The van der Waals surface area contributed by atoms with Crippen molar-refractivity contribution in [1.82, 2.24) is 4.98 Å². The van der Waals surface area contributed by atoms with Crippen LogP contribution in [0.5, 0.6) is 11.5 Å². The molecule has 0 radical (unpaired) electrons. The zero-order chi connectivity index (χ0) is 19.1. The third-order valence-corrected chi connectivity index (χ3v) is 9.10. The van der Waals surface area contributed by atoms with E-state index < -0.39 is 8.07 Å². The molecule has 1 aromatic heterocycles. The lowest BCUT2D eigenvalue weighted by molar-refractivity contribution is 0.487. The minimum absolute atomic E-state index is 0.972. The summed E-state index contributed by atoms with van der Waals surface area (Å²) in [6.07, 6.45) is 1.91. The average molecular weight is 380 g/mol. The second-order valence-electron chi connectivity index (χ2n) is 7.70. The summed E-state index contributed by atoms with van der Waals surface area (Å²) in [5.41, 5.74) is 4.57. The Bertz CT molecular complexity index is 1170. The lowest BCUT2D eigenvalue weighted by Crippen LogP contribution is -2.56. The van der Waals surface area contributed by atoms with E-state index in [4.69, 9.17) is 9.72 Å². The van der Waals surface area contributed by atoms with Gasteiger partial charge in [0.05, 0.1) is 5.69 Å². The number of aromatic nitrogens is 1. The molecule has 0 unspecified atom stereocenters. The summed E-state index contributed by atoms with van der Waals surface area (Å²) in [7, 11) is -1.92. The SMILES string of the molecule is C[Si]1(C)c2ccccc2Oc2cccc(-c3cc(-c4ccccc4)ccn3)c21. The molecule has 28 heavy (non-hydrogen) atoms. The fourth-order valence-corrected chi connectivity index (χ4v) is 7.36. The minimum Gasteiger partial charge on any atom is -0.458 e. The Balaban J connectivity index is 1.69. The Morgan fingerprint density at radius 1 is 0.714 bits per heavy atom. The van der Waals surface area contributed by atoms with Gasteiger partial charge in [-0.1, -0.05) is 73.8 Å². The van der Waals surface area contributed by atoms with E-state index in [1.54, 1.807) is 0 Å². The summed E-state index contributed by atoms with van der Waals surface area (Å²) in [5.74, 6) is 1.97. The first-order chi connectivity index (χ1) is 13.6. The van der Waals surface area contributed by atoms with Gasteiger partial charge < -0.3 is 4.74 Å². The predicted octanol–water partition coefficient (Wildman–Crippen LogP) is 5.34. The topological polar surface area (TPSA) is 22.1 Å². The third kappa shape index (κ3) is 2.67. The van der Waals surface area contributed by atoms with E-state index in [-0.39, 0.29) is 0 Å². The smallest absolute Gasteiger partial charge is 0.127 e. The third-order valence-electron chi connectivity index (χ3n) is 5.57. The Kier molecular flexibility index (Phi) is 3.92. The molecule has 0 atom stereocenters. The molecule has 5 rings (SSSR count). The highest BCUT2D eigenvalue weighted by molar-refractivity contribution is 7.02. The summed E-state index contributed by atoms with van der Waals surface area (Å²) in [4.78, 5) is 4.73. The molecule has 0 saturated carbocycles. The van der Waals surface area contributed by atoms with Gasteiger partial charge in [-0.15, -0.1) is 0 Å². The number of rotatable bonds is 2. The zero-order valence-corrected chi connectivity index (χ0v) is 17.0. The van der Waals surface area contributed by atoms with Gasteiger partial charge in [-0.2, -0.15) is 0 Å². The van der Waals surface area contributed by atoms with Crippen molar-refractivity contribution in [2.24, 2.45) is 0 Å². The lowest BCUT2D eigenvalue weighted by atomic mass is 10.0. The zero-order valence-electron chi connectivity index (χ0n) is 16.0. The Hall–Kier alpha value is -3.17. The average Bonchev–Trinajstić information content (AvgIpc) is 2.74. The van der Waals surface area contributed by atoms with Crippen LogP contribution in [0.3, 0.4) is 0 Å². The van der Waals surface area contributed by atoms with Crippen molar-refractivity contribution < 1.29 is 4.74 Å². The van der Waals surface area contributed by atoms with Crippen LogP contribution in [0.25, 0.3) is 22.4 Å². The molecule has 2 heterocycles. The van der Waals surface area contributed by atoms with Crippen molar-refractivity contribution in [2.75, 3.05) is 0 Å². The molecular weight excluding hydrogens is 358 g/mol. The van der Waals surface area contributed by atoms with Crippen molar-refractivity contribution in [1.29, 1.82) is 0 Å². The summed E-state index contributed by atoms with van der Waals surface area (Å²) in [6.45, 7) is 4.80. The van der Waals surface area contributed by atoms with Crippen molar-refractivity contribution in [3.05, 3.63) is 91.1 Å². The molecule has 0 N–H and O–H groups in total. The molecule has 0 saturated heterocycles. The highest BCUT2D eigenvalue weighted by atomic mass is 28.3. The number of nitrogens with zero attached hydrogens (tertiary/aromatic N) is 1. The number of para-hydroxylation sites is 1. The molecule has 0 fully saturated rings. The van der Waals surface area contributed by atoms with Crippen LogP contribution in [0, 0.1) is 0 Å². The fraction of sp³-hybridized carbons (Fsp3) is 0.0800. The summed E-state index contributed by atoms with van der Waals surface area (Å²) in [5, 5.41) is 2.67. The Labute approximate surface area is 166 Å². The molecule has 4 aromatic rings. The summed E-state index contributed by atoms with van der Waals surface area (Å²) < 4.78 is 6.30. The first kappa shape index (κ1) is 17.0. The van der Waals surface area contributed by atoms with Crippen LogP contribution in [0.4, 0.5) is 0 Å². The monoisotopic (exact) mass is 379 g/mol. The van der Waals surface area contributed by atoms with Crippen LogP contribution < -0.4 is 15.1 Å². The first-order valence-electron chi connectivity index (χ1n) is 9.57. The molecule has 0 amide bonds. The molecule has 136 valence electrons. The van der Waals surface area contributed by atoms with Gasteiger partial charge >= 0.3 is 0 Å².